The topological polar surface area (TPSA) is 85.1 Å². The summed E-state index contributed by atoms with van der Waals surface area (Å²) in [5, 5.41) is 21.6. The Bertz CT molecular complexity index is 1340. The molecule has 0 saturated heterocycles. The maximum atomic E-state index is 11.1. The predicted octanol–water partition coefficient (Wildman–Crippen LogP) is 6.96. The van der Waals surface area contributed by atoms with Gasteiger partial charge >= 0.3 is 0 Å². The van der Waals surface area contributed by atoms with Gasteiger partial charge in [0.2, 0.25) is 0 Å². The normalized spacial score (nSPS) is 11.7. The number of benzene rings is 3. The van der Waals surface area contributed by atoms with Crippen molar-refractivity contribution in [1.82, 2.24) is 4.57 Å². The average molecular weight is 442 g/mol. The first-order valence-electron chi connectivity index (χ1n) is 9.80. The van der Waals surface area contributed by atoms with Crippen molar-refractivity contribution in [2.75, 3.05) is 0 Å². The van der Waals surface area contributed by atoms with Crippen LogP contribution in [0.3, 0.4) is 0 Å². The van der Waals surface area contributed by atoms with Gasteiger partial charge in [-0.2, -0.15) is 10.2 Å². The fourth-order valence-corrected chi connectivity index (χ4v) is 3.99. The molecule has 1 heterocycles. The zero-order valence-electron chi connectivity index (χ0n) is 17.0. The molecule has 4 rings (SSSR count). The van der Waals surface area contributed by atoms with Crippen LogP contribution in [0.5, 0.6) is 0 Å². The Morgan fingerprint density at radius 2 is 1.62 bits per heavy atom. The SMILES string of the molecule is C=CCn1c(-c2cccc([N+](=O)[O-])c2)csc1=Nc1ccc(N=Nc2ccccc2)cc1. The van der Waals surface area contributed by atoms with E-state index < -0.39 is 4.92 Å². The van der Waals surface area contributed by atoms with Crippen LogP contribution < -0.4 is 4.80 Å². The van der Waals surface area contributed by atoms with E-state index in [1.54, 1.807) is 18.2 Å². The molecule has 4 aromatic rings. The highest BCUT2D eigenvalue weighted by molar-refractivity contribution is 7.07. The van der Waals surface area contributed by atoms with Gasteiger partial charge in [0.15, 0.2) is 4.80 Å². The van der Waals surface area contributed by atoms with Crippen molar-refractivity contribution in [2.24, 2.45) is 15.2 Å². The highest BCUT2D eigenvalue weighted by Crippen LogP contribution is 2.25. The zero-order chi connectivity index (χ0) is 22.3. The summed E-state index contributed by atoms with van der Waals surface area (Å²) in [5.74, 6) is 0. The number of nitro benzene ring substituents is 1. The van der Waals surface area contributed by atoms with Crippen LogP contribution in [0.25, 0.3) is 11.3 Å². The summed E-state index contributed by atoms with van der Waals surface area (Å²) in [5.41, 5.74) is 3.96. The molecule has 158 valence electrons. The molecule has 0 unspecified atom stereocenters. The van der Waals surface area contributed by atoms with Gasteiger partial charge in [-0.1, -0.05) is 36.4 Å². The van der Waals surface area contributed by atoms with Crippen LogP contribution in [-0.4, -0.2) is 9.49 Å². The van der Waals surface area contributed by atoms with E-state index in [0.717, 1.165) is 33.1 Å². The van der Waals surface area contributed by atoms with E-state index in [1.807, 2.05) is 70.6 Å². The van der Waals surface area contributed by atoms with E-state index in [-0.39, 0.29) is 5.69 Å². The van der Waals surface area contributed by atoms with Crippen molar-refractivity contribution in [1.29, 1.82) is 0 Å². The van der Waals surface area contributed by atoms with Crippen molar-refractivity contribution in [3.05, 3.63) is 112 Å². The molecule has 0 bridgehead atoms. The minimum absolute atomic E-state index is 0.0533. The van der Waals surface area contributed by atoms with E-state index in [4.69, 9.17) is 4.99 Å². The predicted molar refractivity (Wildman–Crippen MR) is 127 cm³/mol. The minimum atomic E-state index is -0.393. The largest absolute Gasteiger partial charge is 0.313 e. The third kappa shape index (κ3) is 4.93. The number of aromatic nitrogens is 1. The molecule has 3 aromatic carbocycles. The number of rotatable bonds is 7. The molecule has 32 heavy (non-hydrogen) atoms. The number of azo groups is 1. The molecular weight excluding hydrogens is 422 g/mol. The Balaban J connectivity index is 1.64. The van der Waals surface area contributed by atoms with Crippen molar-refractivity contribution >= 4 is 34.1 Å². The second-order valence-electron chi connectivity index (χ2n) is 6.77. The molecule has 8 heteroatoms. The first-order chi connectivity index (χ1) is 15.6. The lowest BCUT2D eigenvalue weighted by Gasteiger charge is -2.06. The maximum Gasteiger partial charge on any atom is 0.270 e. The van der Waals surface area contributed by atoms with Crippen LogP contribution in [0.1, 0.15) is 0 Å². The third-order valence-electron chi connectivity index (χ3n) is 4.57. The fourth-order valence-electron chi connectivity index (χ4n) is 3.05. The smallest absolute Gasteiger partial charge is 0.270 e. The molecule has 0 aliphatic heterocycles. The van der Waals surface area contributed by atoms with Gasteiger partial charge in [-0.15, -0.1) is 17.9 Å². The van der Waals surface area contributed by atoms with Gasteiger partial charge in [0.1, 0.15) is 0 Å². The molecule has 0 spiro atoms. The molecule has 0 saturated carbocycles. The number of hydrogen-bond donors (Lipinski definition) is 0. The summed E-state index contributed by atoms with van der Waals surface area (Å²) in [4.78, 5) is 16.3. The molecule has 0 N–H and O–H groups in total. The monoisotopic (exact) mass is 441 g/mol. The van der Waals surface area contributed by atoms with Gasteiger partial charge in [0.25, 0.3) is 5.69 Å². The van der Waals surface area contributed by atoms with Gasteiger partial charge in [-0.05, 0) is 36.4 Å². The Hall–Kier alpha value is -4.17. The quantitative estimate of drug-likeness (QED) is 0.134. The standard InChI is InChI=1S/C24H19N5O2S/c1-2-15-28-23(18-7-6-10-22(16-18)29(30)31)17-32-24(28)25-19-11-13-21(14-12-19)27-26-20-8-4-3-5-9-20/h2-14,16-17H,1,15H2. The fraction of sp³-hybridized carbons (Fsp3) is 0.0417. The molecule has 7 nitrogen and oxygen atoms in total. The van der Waals surface area contributed by atoms with E-state index in [2.05, 4.69) is 16.8 Å². The molecule has 0 amide bonds. The van der Waals surface area contributed by atoms with Gasteiger partial charge < -0.3 is 4.57 Å². The number of hydrogen-bond acceptors (Lipinski definition) is 6. The number of allylic oxidation sites excluding steroid dienone is 1. The molecule has 0 aliphatic carbocycles. The molecule has 0 fully saturated rings. The third-order valence-corrected chi connectivity index (χ3v) is 5.44. The lowest BCUT2D eigenvalue weighted by molar-refractivity contribution is -0.384. The Labute approximate surface area is 188 Å². The molecule has 1 aromatic heterocycles. The Kier molecular flexibility index (Phi) is 6.43. The molecular formula is C24H19N5O2S. The van der Waals surface area contributed by atoms with Gasteiger partial charge in [-0.3, -0.25) is 10.1 Å². The van der Waals surface area contributed by atoms with Gasteiger partial charge in [0.05, 0.1) is 27.7 Å². The van der Waals surface area contributed by atoms with Gasteiger partial charge in [0, 0.05) is 29.6 Å². The summed E-state index contributed by atoms with van der Waals surface area (Å²) < 4.78 is 1.99. The first kappa shape index (κ1) is 21.1. The number of thiazole rings is 1. The summed E-state index contributed by atoms with van der Waals surface area (Å²) >= 11 is 1.47. The van der Waals surface area contributed by atoms with Crippen molar-refractivity contribution in [2.45, 2.75) is 6.54 Å². The molecule has 0 aliphatic rings. The highest BCUT2D eigenvalue weighted by atomic mass is 32.1. The van der Waals surface area contributed by atoms with Crippen LogP contribution in [-0.2, 0) is 6.54 Å². The van der Waals surface area contributed by atoms with E-state index in [9.17, 15) is 10.1 Å². The minimum Gasteiger partial charge on any atom is -0.313 e. The van der Waals surface area contributed by atoms with Gasteiger partial charge in [-0.25, -0.2) is 4.99 Å². The van der Waals surface area contributed by atoms with Crippen LogP contribution in [0, 0.1) is 10.1 Å². The van der Waals surface area contributed by atoms with E-state index in [0.29, 0.717) is 6.54 Å². The lowest BCUT2D eigenvalue weighted by atomic mass is 10.1. The number of non-ortho nitro benzene ring substituents is 1. The Morgan fingerprint density at radius 1 is 0.938 bits per heavy atom. The first-order valence-corrected chi connectivity index (χ1v) is 10.7. The van der Waals surface area contributed by atoms with Crippen LogP contribution >= 0.6 is 11.3 Å². The Morgan fingerprint density at radius 3 is 2.31 bits per heavy atom. The summed E-state index contributed by atoms with van der Waals surface area (Å²) in [7, 11) is 0. The lowest BCUT2D eigenvalue weighted by Crippen LogP contribution is -2.14. The average Bonchev–Trinajstić information content (AvgIpc) is 3.22. The second-order valence-corrected chi connectivity index (χ2v) is 7.61. The van der Waals surface area contributed by atoms with Crippen molar-refractivity contribution in [3.63, 3.8) is 0 Å². The molecule has 0 atom stereocenters. The zero-order valence-corrected chi connectivity index (χ0v) is 17.9. The van der Waals surface area contributed by atoms with E-state index >= 15 is 0 Å². The summed E-state index contributed by atoms with van der Waals surface area (Å²) in [6, 6.07) is 23.6. The maximum absolute atomic E-state index is 11.1. The number of nitro groups is 1. The highest BCUT2D eigenvalue weighted by Gasteiger charge is 2.11. The summed E-state index contributed by atoms with van der Waals surface area (Å²) in [6.45, 7) is 4.36. The molecule has 0 radical (unpaired) electrons. The van der Waals surface area contributed by atoms with Crippen LogP contribution in [0.2, 0.25) is 0 Å². The number of nitrogens with zero attached hydrogens (tertiary/aromatic N) is 5. The van der Waals surface area contributed by atoms with Crippen molar-refractivity contribution in [3.8, 4) is 11.3 Å². The second kappa shape index (κ2) is 9.76. The summed E-state index contributed by atoms with van der Waals surface area (Å²) in [6.07, 6.45) is 1.78. The van der Waals surface area contributed by atoms with Crippen LogP contribution in [0.15, 0.2) is 112 Å². The van der Waals surface area contributed by atoms with E-state index in [1.165, 1.54) is 17.4 Å². The van der Waals surface area contributed by atoms with Crippen molar-refractivity contribution < 1.29 is 4.92 Å². The van der Waals surface area contributed by atoms with Crippen LogP contribution in [0.4, 0.5) is 22.7 Å².